The molecule has 0 saturated heterocycles. The molecule has 0 atom stereocenters. The second-order valence-electron chi connectivity index (χ2n) is 6.43. The summed E-state index contributed by atoms with van der Waals surface area (Å²) in [5.74, 6) is 0.349. The van der Waals surface area contributed by atoms with Crippen LogP contribution in [-0.2, 0) is 40.5 Å². The first-order chi connectivity index (χ1) is 13.1. The van der Waals surface area contributed by atoms with Crippen LogP contribution in [0.4, 0.5) is 13.2 Å². The summed E-state index contributed by atoms with van der Waals surface area (Å²) in [5.41, 5.74) is -0.408. The summed E-state index contributed by atoms with van der Waals surface area (Å²) in [7, 11) is -4.25. The Morgan fingerprint density at radius 2 is 2.04 bits per heavy atom. The highest BCUT2D eigenvalue weighted by atomic mass is 32.2. The third-order valence-corrected chi connectivity index (χ3v) is 5.72. The number of alkyl halides is 3. The molecule has 3 rings (SSSR count). The lowest BCUT2D eigenvalue weighted by Crippen LogP contribution is -2.36. The van der Waals surface area contributed by atoms with E-state index in [1.807, 2.05) is 15.5 Å². The maximum Gasteiger partial charge on any atom is 0.416 e. The van der Waals surface area contributed by atoms with Crippen LogP contribution in [-0.4, -0.2) is 30.4 Å². The molecule has 1 aliphatic rings. The van der Waals surface area contributed by atoms with E-state index in [9.17, 15) is 26.4 Å². The topological polar surface area (TPSA) is 93.1 Å². The second-order valence-corrected chi connectivity index (χ2v) is 8.19. The van der Waals surface area contributed by atoms with Crippen LogP contribution < -0.4 is 10.0 Å². The van der Waals surface area contributed by atoms with E-state index in [-0.39, 0.29) is 6.54 Å². The first-order valence-corrected chi connectivity index (χ1v) is 10.1. The van der Waals surface area contributed by atoms with Crippen molar-refractivity contribution in [2.45, 2.75) is 43.4 Å². The maximum atomic E-state index is 12.7. The highest BCUT2D eigenvalue weighted by Gasteiger charge is 2.31. The van der Waals surface area contributed by atoms with Gasteiger partial charge >= 0.3 is 6.18 Å². The Hall–Kier alpha value is -2.40. The molecule has 0 saturated carbocycles. The molecule has 1 aromatic carbocycles. The molecular weight excluding hydrogens is 397 g/mol. The van der Waals surface area contributed by atoms with Crippen LogP contribution in [0.5, 0.6) is 0 Å². The highest BCUT2D eigenvalue weighted by molar-refractivity contribution is 7.89. The van der Waals surface area contributed by atoms with Crippen LogP contribution >= 0.6 is 0 Å². The van der Waals surface area contributed by atoms with Crippen molar-refractivity contribution in [2.75, 3.05) is 6.54 Å². The quantitative estimate of drug-likeness (QED) is 0.752. The summed E-state index contributed by atoms with van der Waals surface area (Å²) in [6.45, 7) is 0.434. The number of benzene rings is 1. The van der Waals surface area contributed by atoms with Gasteiger partial charge in [-0.1, -0.05) is 6.07 Å². The summed E-state index contributed by atoms with van der Waals surface area (Å²) < 4.78 is 66.5. The van der Waals surface area contributed by atoms with Crippen molar-refractivity contribution < 1.29 is 26.4 Å². The molecule has 0 fully saturated rings. The molecule has 1 aromatic heterocycles. The zero-order valence-electron chi connectivity index (χ0n) is 14.8. The minimum Gasteiger partial charge on any atom is -0.349 e. The minimum absolute atomic E-state index is 0.143. The number of halogens is 3. The Morgan fingerprint density at radius 1 is 1.25 bits per heavy atom. The molecule has 0 unspecified atom stereocenters. The molecule has 28 heavy (non-hydrogen) atoms. The Kier molecular flexibility index (Phi) is 5.75. The predicted octanol–water partition coefficient (Wildman–Crippen LogP) is 1.83. The lowest BCUT2D eigenvalue weighted by Gasteiger charge is -2.11. The summed E-state index contributed by atoms with van der Waals surface area (Å²) >= 11 is 0. The monoisotopic (exact) mass is 416 g/mol. The standard InChI is InChI=1S/C17H19F3N4O3S/c18-17(19,20)12-4-3-5-14(8-12)28(26,27)22-10-16(25)21-9-13-11-24-7-2-1-6-15(24)23-13/h3-5,8,11,22H,1-2,6-7,9-10H2,(H,21,25). The Labute approximate surface area is 160 Å². The van der Waals surface area contributed by atoms with Crippen molar-refractivity contribution in [1.29, 1.82) is 0 Å². The summed E-state index contributed by atoms with van der Waals surface area (Å²) in [6, 6.07) is 3.33. The number of aryl methyl sites for hydroxylation is 2. The molecule has 2 heterocycles. The normalized spacial score (nSPS) is 14.5. The smallest absolute Gasteiger partial charge is 0.349 e. The number of sulfonamides is 1. The molecule has 152 valence electrons. The van der Waals surface area contributed by atoms with Gasteiger partial charge in [0.1, 0.15) is 5.82 Å². The number of nitrogens with one attached hydrogen (secondary N) is 2. The number of hydrogen-bond acceptors (Lipinski definition) is 4. The van der Waals surface area contributed by atoms with Gasteiger partial charge in [-0.05, 0) is 31.0 Å². The average Bonchev–Trinajstić information content (AvgIpc) is 3.07. The molecule has 0 radical (unpaired) electrons. The van der Waals surface area contributed by atoms with E-state index >= 15 is 0 Å². The first kappa shape index (κ1) is 20.3. The number of hydrogen-bond donors (Lipinski definition) is 2. The number of amides is 1. The van der Waals surface area contributed by atoms with Crippen molar-refractivity contribution in [1.82, 2.24) is 19.6 Å². The molecule has 1 amide bonds. The fourth-order valence-corrected chi connectivity index (χ4v) is 3.92. The van der Waals surface area contributed by atoms with Crippen molar-refractivity contribution in [3.05, 3.63) is 47.5 Å². The predicted molar refractivity (Wildman–Crippen MR) is 93.6 cm³/mol. The largest absolute Gasteiger partial charge is 0.416 e. The summed E-state index contributed by atoms with van der Waals surface area (Å²) in [5, 5.41) is 2.55. The number of carbonyl (C=O) groups is 1. The maximum absolute atomic E-state index is 12.7. The van der Waals surface area contributed by atoms with Gasteiger partial charge < -0.3 is 9.88 Å². The van der Waals surface area contributed by atoms with Gasteiger partial charge in [-0.15, -0.1) is 0 Å². The Bertz CT molecular complexity index is 947. The van der Waals surface area contributed by atoms with E-state index < -0.39 is 39.1 Å². The van der Waals surface area contributed by atoms with E-state index in [4.69, 9.17) is 0 Å². The fourth-order valence-electron chi connectivity index (χ4n) is 2.89. The zero-order valence-corrected chi connectivity index (χ0v) is 15.6. The minimum atomic E-state index is -4.66. The van der Waals surface area contributed by atoms with Crippen LogP contribution in [0.15, 0.2) is 35.4 Å². The van der Waals surface area contributed by atoms with E-state index in [2.05, 4.69) is 10.3 Å². The average molecular weight is 416 g/mol. The van der Waals surface area contributed by atoms with Gasteiger partial charge in [-0.25, -0.2) is 18.1 Å². The van der Waals surface area contributed by atoms with Crippen LogP contribution in [0.2, 0.25) is 0 Å². The first-order valence-electron chi connectivity index (χ1n) is 8.64. The number of fused-ring (bicyclic) bond motifs is 1. The van der Waals surface area contributed by atoms with Crippen LogP contribution in [0.25, 0.3) is 0 Å². The van der Waals surface area contributed by atoms with Crippen molar-refractivity contribution in [3.8, 4) is 0 Å². The number of nitrogens with zero attached hydrogens (tertiary/aromatic N) is 2. The van der Waals surface area contributed by atoms with E-state index in [0.717, 1.165) is 49.8 Å². The van der Waals surface area contributed by atoms with Gasteiger partial charge in [-0.3, -0.25) is 4.79 Å². The van der Waals surface area contributed by atoms with Crippen LogP contribution in [0.3, 0.4) is 0 Å². The Balaban J connectivity index is 1.55. The molecule has 0 aliphatic carbocycles. The van der Waals surface area contributed by atoms with Gasteiger partial charge in [0.25, 0.3) is 0 Å². The third-order valence-electron chi connectivity index (χ3n) is 4.32. The molecule has 0 spiro atoms. The van der Waals surface area contributed by atoms with E-state index in [1.165, 1.54) is 0 Å². The summed E-state index contributed by atoms with van der Waals surface area (Å²) in [4.78, 5) is 15.8. The highest BCUT2D eigenvalue weighted by Crippen LogP contribution is 2.30. The molecule has 7 nitrogen and oxygen atoms in total. The Morgan fingerprint density at radius 3 is 2.75 bits per heavy atom. The SMILES string of the molecule is O=C(CNS(=O)(=O)c1cccc(C(F)(F)F)c1)NCc1cn2c(n1)CCCC2. The molecule has 2 aromatic rings. The van der Waals surface area contributed by atoms with Crippen LogP contribution in [0, 0.1) is 0 Å². The van der Waals surface area contributed by atoms with Gasteiger partial charge in [0.2, 0.25) is 15.9 Å². The lowest BCUT2D eigenvalue weighted by molar-refractivity contribution is -0.137. The molecular formula is C17H19F3N4O3S. The van der Waals surface area contributed by atoms with Crippen molar-refractivity contribution in [2.24, 2.45) is 0 Å². The number of imidazole rings is 1. The number of aromatic nitrogens is 2. The molecule has 0 bridgehead atoms. The van der Waals surface area contributed by atoms with Gasteiger partial charge in [-0.2, -0.15) is 13.2 Å². The molecule has 11 heteroatoms. The van der Waals surface area contributed by atoms with Crippen molar-refractivity contribution in [3.63, 3.8) is 0 Å². The third kappa shape index (κ3) is 4.90. The van der Waals surface area contributed by atoms with Gasteiger partial charge in [0.15, 0.2) is 0 Å². The zero-order chi connectivity index (χ0) is 20.4. The number of carbonyl (C=O) groups excluding carboxylic acids is 1. The van der Waals surface area contributed by atoms with Crippen molar-refractivity contribution >= 4 is 15.9 Å². The fraction of sp³-hybridized carbons (Fsp3) is 0.412. The van der Waals surface area contributed by atoms with E-state index in [1.54, 1.807) is 0 Å². The lowest BCUT2D eigenvalue weighted by atomic mass is 10.2. The van der Waals surface area contributed by atoms with Gasteiger partial charge in [0.05, 0.1) is 29.2 Å². The van der Waals surface area contributed by atoms with E-state index in [0.29, 0.717) is 11.8 Å². The number of rotatable bonds is 6. The molecule has 1 aliphatic heterocycles. The second kappa shape index (κ2) is 7.92. The van der Waals surface area contributed by atoms with Crippen LogP contribution in [0.1, 0.15) is 29.9 Å². The molecule has 2 N–H and O–H groups in total. The summed E-state index contributed by atoms with van der Waals surface area (Å²) in [6.07, 6.45) is 0.214. The van der Waals surface area contributed by atoms with Gasteiger partial charge in [0, 0.05) is 19.2 Å².